The van der Waals surface area contributed by atoms with Crippen LogP contribution in [0.15, 0.2) is 69.9 Å². The van der Waals surface area contributed by atoms with E-state index in [2.05, 4.69) is 15.0 Å². The maximum atomic E-state index is 12.7. The largest absolute Gasteiger partial charge is 0.492 e. The molecule has 5 aromatic rings. The molecular weight excluding hydrogens is 490 g/mol. The molecule has 1 unspecified atom stereocenters. The summed E-state index contributed by atoms with van der Waals surface area (Å²) in [6.07, 6.45) is 3.06. The second-order valence-corrected chi connectivity index (χ2v) is 9.60. The van der Waals surface area contributed by atoms with E-state index in [0.29, 0.717) is 53.5 Å². The van der Waals surface area contributed by atoms with E-state index in [1.54, 1.807) is 35.4 Å². The standard InChI is InChI=1S/C24H20ClN5O4S/c25-16-7-5-15(6-8-16)19(28-9-11-29(12-10-28)22(31)18-4-2-14-34-18)20-23(32)30-24(35-20)26-21(27-30)17-3-1-13-33-17/h1-8,13-14,19,32H,9-12H2. The van der Waals surface area contributed by atoms with Crippen molar-refractivity contribution in [3.05, 3.63) is 82.3 Å². The van der Waals surface area contributed by atoms with Gasteiger partial charge >= 0.3 is 0 Å². The number of furan rings is 2. The van der Waals surface area contributed by atoms with Crippen molar-refractivity contribution in [2.75, 3.05) is 26.2 Å². The number of halogens is 1. The number of amides is 1. The highest BCUT2D eigenvalue weighted by Gasteiger charge is 2.33. The number of benzene rings is 1. The minimum absolute atomic E-state index is 0.0318. The third-order valence-electron chi connectivity index (χ3n) is 6.07. The highest BCUT2D eigenvalue weighted by Crippen LogP contribution is 2.41. The third kappa shape index (κ3) is 3.99. The number of rotatable bonds is 5. The summed E-state index contributed by atoms with van der Waals surface area (Å²) in [6.45, 7) is 2.30. The Kier molecular flexibility index (Phi) is 5.56. The molecule has 1 amide bonds. The van der Waals surface area contributed by atoms with Gasteiger partial charge in [-0.1, -0.05) is 35.1 Å². The molecular formula is C24H20ClN5O4S. The molecule has 1 saturated heterocycles. The summed E-state index contributed by atoms with van der Waals surface area (Å²) < 4.78 is 12.1. The molecule has 0 radical (unpaired) electrons. The number of nitrogens with zero attached hydrogens (tertiary/aromatic N) is 5. The Hall–Kier alpha value is -3.60. The molecule has 1 aliphatic rings. The normalized spacial score (nSPS) is 15.6. The maximum Gasteiger partial charge on any atom is 0.289 e. The lowest BCUT2D eigenvalue weighted by molar-refractivity contribution is 0.0568. The number of carbonyl (C=O) groups excluding carboxylic acids is 1. The van der Waals surface area contributed by atoms with Crippen LogP contribution >= 0.6 is 22.9 Å². The fourth-order valence-corrected chi connectivity index (χ4v) is 5.59. The summed E-state index contributed by atoms with van der Waals surface area (Å²) in [5.41, 5.74) is 0.978. The second kappa shape index (κ2) is 8.88. The number of thiazole rings is 1. The van der Waals surface area contributed by atoms with Crippen LogP contribution in [0.25, 0.3) is 16.5 Å². The van der Waals surface area contributed by atoms with Crippen molar-refractivity contribution in [3.8, 4) is 17.5 Å². The maximum absolute atomic E-state index is 12.7. The molecule has 11 heteroatoms. The molecule has 4 aromatic heterocycles. The molecule has 1 N–H and O–H groups in total. The Morgan fingerprint density at radius 3 is 2.43 bits per heavy atom. The smallest absolute Gasteiger partial charge is 0.289 e. The van der Waals surface area contributed by atoms with E-state index >= 15 is 0 Å². The predicted molar refractivity (Wildman–Crippen MR) is 130 cm³/mol. The average Bonchev–Trinajstić information content (AvgIpc) is 3.68. The Morgan fingerprint density at radius 2 is 1.77 bits per heavy atom. The van der Waals surface area contributed by atoms with Crippen molar-refractivity contribution in [2.24, 2.45) is 0 Å². The molecule has 35 heavy (non-hydrogen) atoms. The van der Waals surface area contributed by atoms with Gasteiger partial charge in [0.15, 0.2) is 11.5 Å². The fraction of sp³-hybridized carbons (Fsp3) is 0.208. The first-order valence-electron chi connectivity index (χ1n) is 11.0. The van der Waals surface area contributed by atoms with Gasteiger partial charge in [0.05, 0.1) is 23.4 Å². The predicted octanol–water partition coefficient (Wildman–Crippen LogP) is 4.55. The number of hydrogen-bond donors (Lipinski definition) is 1. The van der Waals surface area contributed by atoms with Gasteiger partial charge in [-0.25, -0.2) is 0 Å². The van der Waals surface area contributed by atoms with Crippen LogP contribution in [0.3, 0.4) is 0 Å². The van der Waals surface area contributed by atoms with E-state index in [9.17, 15) is 9.90 Å². The summed E-state index contributed by atoms with van der Waals surface area (Å²) in [5.74, 6) is 1.20. The number of hydrogen-bond acceptors (Lipinski definition) is 8. The fourth-order valence-electron chi connectivity index (χ4n) is 4.35. The molecule has 0 spiro atoms. The number of piperazine rings is 1. The zero-order valence-electron chi connectivity index (χ0n) is 18.4. The summed E-state index contributed by atoms with van der Waals surface area (Å²) in [7, 11) is 0. The van der Waals surface area contributed by atoms with Crippen LogP contribution in [0.2, 0.25) is 5.02 Å². The zero-order valence-corrected chi connectivity index (χ0v) is 19.9. The second-order valence-electron chi connectivity index (χ2n) is 8.16. The van der Waals surface area contributed by atoms with Gasteiger partial charge in [0, 0.05) is 31.2 Å². The van der Waals surface area contributed by atoms with Gasteiger partial charge in [-0.15, -0.1) is 5.10 Å². The summed E-state index contributed by atoms with van der Waals surface area (Å²) in [6, 6.07) is 14.3. The van der Waals surface area contributed by atoms with Crippen LogP contribution in [0.1, 0.15) is 27.0 Å². The quantitative estimate of drug-likeness (QED) is 0.371. The first-order valence-corrected chi connectivity index (χ1v) is 12.2. The number of aromatic hydroxyl groups is 1. The Bertz CT molecular complexity index is 1450. The van der Waals surface area contributed by atoms with Gasteiger partial charge in [0.2, 0.25) is 16.7 Å². The van der Waals surface area contributed by atoms with Gasteiger partial charge < -0.3 is 18.8 Å². The van der Waals surface area contributed by atoms with Crippen LogP contribution in [0, 0.1) is 0 Å². The van der Waals surface area contributed by atoms with Crippen molar-refractivity contribution in [1.29, 1.82) is 0 Å². The van der Waals surface area contributed by atoms with E-state index in [4.69, 9.17) is 20.4 Å². The van der Waals surface area contributed by atoms with Gasteiger partial charge in [0.1, 0.15) is 0 Å². The monoisotopic (exact) mass is 509 g/mol. The Balaban J connectivity index is 1.32. The van der Waals surface area contributed by atoms with Crippen molar-refractivity contribution >= 4 is 33.8 Å². The van der Waals surface area contributed by atoms with Crippen LogP contribution in [-0.4, -0.2) is 61.6 Å². The summed E-state index contributed by atoms with van der Waals surface area (Å²) >= 11 is 7.52. The van der Waals surface area contributed by atoms with E-state index in [0.717, 1.165) is 10.4 Å². The molecule has 1 fully saturated rings. The van der Waals surface area contributed by atoms with Crippen LogP contribution in [-0.2, 0) is 0 Å². The van der Waals surface area contributed by atoms with Crippen molar-refractivity contribution in [1.82, 2.24) is 24.4 Å². The number of fused-ring (bicyclic) bond motifs is 1. The van der Waals surface area contributed by atoms with Crippen LogP contribution < -0.4 is 0 Å². The van der Waals surface area contributed by atoms with Crippen molar-refractivity contribution in [2.45, 2.75) is 6.04 Å². The highest BCUT2D eigenvalue weighted by molar-refractivity contribution is 7.17. The van der Waals surface area contributed by atoms with Gasteiger partial charge in [-0.2, -0.15) is 9.50 Å². The minimum Gasteiger partial charge on any atom is -0.492 e. The first-order chi connectivity index (χ1) is 17.1. The zero-order chi connectivity index (χ0) is 23.9. The van der Waals surface area contributed by atoms with Gasteiger partial charge in [0.25, 0.3) is 5.91 Å². The molecule has 5 heterocycles. The molecule has 1 aliphatic heterocycles. The van der Waals surface area contributed by atoms with Crippen LogP contribution in [0.5, 0.6) is 5.88 Å². The lowest BCUT2D eigenvalue weighted by Crippen LogP contribution is -2.49. The molecule has 1 aromatic carbocycles. The number of aromatic nitrogens is 3. The lowest BCUT2D eigenvalue weighted by Gasteiger charge is -2.38. The SMILES string of the molecule is O=C(c1ccco1)N1CCN(C(c2ccc(Cl)cc2)c2sc3nc(-c4ccco4)nn3c2O)CC1. The molecule has 9 nitrogen and oxygen atoms in total. The van der Waals surface area contributed by atoms with Crippen molar-refractivity contribution < 1.29 is 18.7 Å². The molecule has 0 saturated carbocycles. The molecule has 178 valence electrons. The van der Waals surface area contributed by atoms with E-state index in [1.807, 2.05) is 24.3 Å². The molecule has 6 rings (SSSR count). The van der Waals surface area contributed by atoms with Gasteiger partial charge in [-0.05, 0) is 42.0 Å². The van der Waals surface area contributed by atoms with Crippen molar-refractivity contribution in [3.63, 3.8) is 0 Å². The van der Waals surface area contributed by atoms with E-state index in [-0.39, 0.29) is 17.8 Å². The molecule has 0 bridgehead atoms. The van der Waals surface area contributed by atoms with E-state index in [1.165, 1.54) is 22.1 Å². The summed E-state index contributed by atoms with van der Waals surface area (Å²) in [4.78, 5) is 22.6. The summed E-state index contributed by atoms with van der Waals surface area (Å²) in [5, 5.41) is 16.3. The Labute approximate surface area is 208 Å². The topological polar surface area (TPSA) is 100 Å². The van der Waals surface area contributed by atoms with Gasteiger partial charge in [-0.3, -0.25) is 9.69 Å². The molecule has 1 atom stereocenters. The molecule has 0 aliphatic carbocycles. The van der Waals surface area contributed by atoms with E-state index < -0.39 is 0 Å². The Morgan fingerprint density at radius 1 is 1.03 bits per heavy atom. The number of carbonyl (C=O) groups is 1. The van der Waals surface area contributed by atoms with Crippen LogP contribution in [0.4, 0.5) is 0 Å². The minimum atomic E-state index is -0.256. The third-order valence-corrected chi connectivity index (χ3v) is 7.40. The average molecular weight is 510 g/mol. The first kappa shape index (κ1) is 21.9. The lowest BCUT2D eigenvalue weighted by atomic mass is 10.0. The highest BCUT2D eigenvalue weighted by atomic mass is 35.5.